The van der Waals surface area contributed by atoms with Crippen LogP contribution in [0.1, 0.15) is 27.4 Å². The molecule has 0 fully saturated rings. The fourth-order valence-electron chi connectivity index (χ4n) is 2.74. The smallest absolute Gasteiger partial charge is 0.255 e. The molecule has 26 heavy (non-hydrogen) atoms. The lowest BCUT2D eigenvalue weighted by atomic mass is 10.1. The molecular weight excluding hydrogens is 337 g/mol. The van der Waals surface area contributed by atoms with Gasteiger partial charge in [-0.1, -0.05) is 0 Å². The molecule has 0 unspecified atom stereocenters. The second kappa shape index (κ2) is 7.30. The van der Waals surface area contributed by atoms with Crippen molar-refractivity contribution < 1.29 is 9.18 Å². The minimum Gasteiger partial charge on any atom is -0.352 e. The van der Waals surface area contributed by atoms with Gasteiger partial charge >= 0.3 is 0 Å². The quantitative estimate of drug-likeness (QED) is 0.728. The van der Waals surface area contributed by atoms with Gasteiger partial charge in [0.15, 0.2) is 0 Å². The first-order chi connectivity index (χ1) is 12.5. The summed E-state index contributed by atoms with van der Waals surface area (Å²) in [6, 6.07) is 7.31. The summed E-state index contributed by atoms with van der Waals surface area (Å²) in [5.74, 6) is -0.584. The molecule has 3 aromatic rings. The molecule has 1 aromatic carbocycles. The highest BCUT2D eigenvalue weighted by Gasteiger charge is 2.19. The van der Waals surface area contributed by atoms with Gasteiger partial charge in [0, 0.05) is 24.7 Å². The van der Waals surface area contributed by atoms with E-state index in [0.29, 0.717) is 41.3 Å². The van der Waals surface area contributed by atoms with E-state index in [0.717, 1.165) is 0 Å². The van der Waals surface area contributed by atoms with Crippen molar-refractivity contribution in [1.29, 1.82) is 0 Å². The van der Waals surface area contributed by atoms with Crippen molar-refractivity contribution in [2.45, 2.75) is 20.3 Å². The third-order valence-electron chi connectivity index (χ3n) is 3.99. The molecule has 0 aliphatic heterocycles. The zero-order chi connectivity index (χ0) is 18.7. The Morgan fingerprint density at radius 3 is 2.69 bits per heavy atom. The summed E-state index contributed by atoms with van der Waals surface area (Å²) in [6.45, 7) is 3.88. The van der Waals surface area contributed by atoms with Gasteiger partial charge in [-0.15, -0.1) is 0 Å². The highest BCUT2D eigenvalue weighted by molar-refractivity contribution is 5.96. The number of hydrogen-bond donors (Lipinski definition) is 2. The molecule has 1 amide bonds. The molecule has 0 aliphatic rings. The highest BCUT2D eigenvalue weighted by atomic mass is 19.1. The van der Waals surface area contributed by atoms with E-state index < -0.39 is 0 Å². The number of aromatic amines is 1. The maximum atomic E-state index is 13.1. The molecule has 0 spiro atoms. The number of H-pyrrole nitrogens is 1. The van der Waals surface area contributed by atoms with Gasteiger partial charge in [0.1, 0.15) is 5.82 Å². The van der Waals surface area contributed by atoms with Gasteiger partial charge in [0.25, 0.3) is 11.5 Å². The maximum absolute atomic E-state index is 13.1. The van der Waals surface area contributed by atoms with E-state index in [2.05, 4.69) is 20.4 Å². The van der Waals surface area contributed by atoms with E-state index in [1.54, 1.807) is 30.7 Å². The molecular formula is C18H18FN5O2. The van der Waals surface area contributed by atoms with Gasteiger partial charge < -0.3 is 10.3 Å². The Morgan fingerprint density at radius 2 is 2.00 bits per heavy atom. The van der Waals surface area contributed by atoms with Crippen molar-refractivity contribution in [2.75, 3.05) is 6.54 Å². The molecule has 2 N–H and O–H groups in total. The predicted octanol–water partition coefficient (Wildman–Crippen LogP) is 1.68. The first kappa shape index (κ1) is 17.5. The van der Waals surface area contributed by atoms with Crippen molar-refractivity contribution in [3.8, 4) is 5.69 Å². The number of aryl methyl sites for hydroxylation is 1. The van der Waals surface area contributed by atoms with Crippen molar-refractivity contribution in [1.82, 2.24) is 25.1 Å². The number of carbonyl (C=O) groups excluding carboxylic acids is 1. The third kappa shape index (κ3) is 3.69. The van der Waals surface area contributed by atoms with Crippen LogP contribution in [0.25, 0.3) is 5.69 Å². The van der Waals surface area contributed by atoms with Crippen LogP contribution in [-0.4, -0.2) is 32.2 Å². The number of nitrogens with zero attached hydrogens (tertiary/aromatic N) is 3. The fourth-order valence-corrected chi connectivity index (χ4v) is 2.74. The van der Waals surface area contributed by atoms with Gasteiger partial charge in [-0.2, -0.15) is 5.10 Å². The van der Waals surface area contributed by atoms with E-state index in [1.807, 2.05) is 0 Å². The molecule has 8 heteroatoms. The Bertz CT molecular complexity index is 992. The van der Waals surface area contributed by atoms with E-state index in [1.165, 1.54) is 24.5 Å². The fraction of sp³-hybridized carbons (Fsp3) is 0.222. The first-order valence-corrected chi connectivity index (χ1v) is 8.09. The average Bonchev–Trinajstić information content (AvgIpc) is 2.90. The van der Waals surface area contributed by atoms with Crippen molar-refractivity contribution in [2.24, 2.45) is 0 Å². The number of amides is 1. The van der Waals surface area contributed by atoms with Crippen LogP contribution in [0.15, 0.2) is 41.5 Å². The number of aromatic nitrogens is 4. The van der Waals surface area contributed by atoms with Gasteiger partial charge in [-0.3, -0.25) is 9.59 Å². The summed E-state index contributed by atoms with van der Waals surface area (Å²) in [6.07, 6.45) is 1.78. The van der Waals surface area contributed by atoms with Gasteiger partial charge in [0.05, 0.1) is 29.0 Å². The lowest BCUT2D eigenvalue weighted by Gasteiger charge is -2.07. The average molecular weight is 355 g/mol. The maximum Gasteiger partial charge on any atom is 0.255 e. The van der Waals surface area contributed by atoms with Crippen LogP contribution in [-0.2, 0) is 6.42 Å². The van der Waals surface area contributed by atoms with Gasteiger partial charge in [-0.05, 0) is 38.1 Å². The minimum atomic E-state index is -0.332. The van der Waals surface area contributed by atoms with Crippen LogP contribution in [0.2, 0.25) is 0 Å². The summed E-state index contributed by atoms with van der Waals surface area (Å²) < 4.78 is 14.7. The molecule has 0 atom stereocenters. The van der Waals surface area contributed by atoms with E-state index in [4.69, 9.17) is 0 Å². The Labute approximate surface area is 148 Å². The Morgan fingerprint density at radius 1 is 1.27 bits per heavy atom. The van der Waals surface area contributed by atoms with E-state index >= 15 is 0 Å². The summed E-state index contributed by atoms with van der Waals surface area (Å²) >= 11 is 0. The largest absolute Gasteiger partial charge is 0.352 e. The van der Waals surface area contributed by atoms with Crippen LogP contribution in [0.5, 0.6) is 0 Å². The lowest BCUT2D eigenvalue weighted by Crippen LogP contribution is -2.27. The Kier molecular flexibility index (Phi) is 4.92. The monoisotopic (exact) mass is 355 g/mol. The number of nitrogens with one attached hydrogen (secondary N) is 2. The SMILES string of the molecule is Cc1nn(-c2ccc(F)cc2)c(C)c1C(=O)NCCc1cc(=O)[nH]cn1. The topological polar surface area (TPSA) is 92.7 Å². The second-order valence-electron chi connectivity index (χ2n) is 5.84. The first-order valence-electron chi connectivity index (χ1n) is 8.09. The molecule has 0 aliphatic carbocycles. The molecule has 3 rings (SSSR count). The van der Waals surface area contributed by atoms with Crippen molar-refractivity contribution >= 4 is 5.91 Å². The van der Waals surface area contributed by atoms with Crippen molar-refractivity contribution in [3.05, 3.63) is 75.5 Å². The van der Waals surface area contributed by atoms with E-state index in [-0.39, 0.29) is 17.3 Å². The van der Waals surface area contributed by atoms with E-state index in [9.17, 15) is 14.0 Å². The summed E-state index contributed by atoms with van der Waals surface area (Å²) in [4.78, 5) is 30.3. The van der Waals surface area contributed by atoms with Crippen LogP contribution >= 0.6 is 0 Å². The molecule has 134 valence electrons. The summed E-state index contributed by atoms with van der Waals surface area (Å²) in [5, 5.41) is 7.20. The summed E-state index contributed by atoms with van der Waals surface area (Å²) in [5.41, 5.74) is 2.78. The highest BCUT2D eigenvalue weighted by Crippen LogP contribution is 2.18. The molecule has 0 saturated heterocycles. The molecule has 0 radical (unpaired) electrons. The van der Waals surface area contributed by atoms with Crippen LogP contribution < -0.4 is 10.9 Å². The zero-order valence-electron chi connectivity index (χ0n) is 14.4. The number of hydrogen-bond acceptors (Lipinski definition) is 4. The minimum absolute atomic E-state index is 0.228. The molecule has 2 aromatic heterocycles. The summed E-state index contributed by atoms with van der Waals surface area (Å²) in [7, 11) is 0. The van der Waals surface area contributed by atoms with Crippen LogP contribution in [0, 0.1) is 19.7 Å². The number of carbonyl (C=O) groups is 1. The van der Waals surface area contributed by atoms with Crippen molar-refractivity contribution in [3.63, 3.8) is 0 Å². The number of benzene rings is 1. The van der Waals surface area contributed by atoms with Crippen LogP contribution in [0.3, 0.4) is 0 Å². The zero-order valence-corrected chi connectivity index (χ0v) is 14.4. The normalized spacial score (nSPS) is 10.7. The second-order valence-corrected chi connectivity index (χ2v) is 5.84. The number of rotatable bonds is 5. The molecule has 0 saturated carbocycles. The van der Waals surface area contributed by atoms with Gasteiger partial charge in [0.2, 0.25) is 0 Å². The third-order valence-corrected chi connectivity index (χ3v) is 3.99. The molecule has 7 nitrogen and oxygen atoms in total. The molecule has 0 bridgehead atoms. The Balaban J connectivity index is 1.73. The lowest BCUT2D eigenvalue weighted by molar-refractivity contribution is 0.0953. The molecule has 2 heterocycles. The van der Waals surface area contributed by atoms with Gasteiger partial charge in [-0.25, -0.2) is 14.1 Å². The standard InChI is InChI=1S/C18H18FN5O2/c1-11-17(12(2)24(23-11)15-5-3-13(19)4-6-15)18(26)20-8-7-14-9-16(25)22-10-21-14/h3-6,9-10H,7-8H2,1-2H3,(H,20,26)(H,21,22,25). The Hall–Kier alpha value is -3.29. The number of halogens is 1. The van der Waals surface area contributed by atoms with Crippen LogP contribution in [0.4, 0.5) is 4.39 Å². The predicted molar refractivity (Wildman–Crippen MR) is 93.9 cm³/mol.